The van der Waals surface area contributed by atoms with Gasteiger partial charge in [0, 0.05) is 16.7 Å². The summed E-state index contributed by atoms with van der Waals surface area (Å²) >= 11 is 6.56. The molecule has 3 rings (SSSR count). The Labute approximate surface area is 275 Å². The first-order valence-corrected chi connectivity index (χ1v) is 16.6. The average molecular weight is 642 g/mol. The van der Waals surface area contributed by atoms with Crippen LogP contribution in [-0.2, 0) is 19.7 Å². The Bertz CT molecular complexity index is 1400. The van der Waals surface area contributed by atoms with E-state index in [-0.39, 0.29) is 23.5 Å². The molecule has 0 amide bonds. The Hall–Kier alpha value is -3.00. The van der Waals surface area contributed by atoms with Gasteiger partial charge in [0.05, 0.1) is 24.6 Å². The lowest BCUT2D eigenvalue weighted by Gasteiger charge is -2.31. The first kappa shape index (κ1) is 36.5. The lowest BCUT2D eigenvalue weighted by Crippen LogP contribution is -2.24. The van der Waals surface area contributed by atoms with Crippen LogP contribution < -0.4 is 5.32 Å². The summed E-state index contributed by atoms with van der Waals surface area (Å²) in [6.45, 7) is 25.2. The summed E-state index contributed by atoms with van der Waals surface area (Å²) in [6.07, 6.45) is 7.22. The minimum atomic E-state index is -0.381. The smallest absolute Gasteiger partial charge is 0.333 e. The highest BCUT2D eigenvalue weighted by molar-refractivity contribution is 6.34. The first-order valence-electron chi connectivity index (χ1n) is 16.3. The summed E-state index contributed by atoms with van der Waals surface area (Å²) in [7, 11) is 0. The summed E-state index contributed by atoms with van der Waals surface area (Å²) in [6, 6.07) is 7.72. The van der Waals surface area contributed by atoms with Crippen molar-refractivity contribution in [1.29, 1.82) is 0 Å². The molecular weight excluding hydrogens is 586 g/mol. The first-order chi connectivity index (χ1) is 20.8. The number of aromatic amines is 1. The van der Waals surface area contributed by atoms with Crippen molar-refractivity contribution in [1.82, 2.24) is 19.8 Å². The van der Waals surface area contributed by atoms with Crippen molar-refractivity contribution in [2.24, 2.45) is 28.6 Å². The number of nitrogens with one attached hydrogen (secondary N) is 2. The standard InChI is InChI=1S/C36H56ClN5O3/c1-24(20-34(3,4)5)12-13-27(25(2)21-35(6,7)8)22-45-29(43)18-19-44-23-38-28-16-14-26(15-17-28)32-39-33-30(37)31(36(9,10)11)40-42(33)41-32/h14-19,24-25,27,38,40H,12-13,20-23H2,1-11H3/b19-18+. The molecular formula is C36H56ClN5O3. The minimum absolute atomic E-state index is 0.136. The maximum atomic E-state index is 12.5. The molecule has 2 aromatic heterocycles. The van der Waals surface area contributed by atoms with E-state index in [4.69, 9.17) is 21.1 Å². The van der Waals surface area contributed by atoms with E-state index in [1.807, 2.05) is 24.3 Å². The number of halogens is 1. The Morgan fingerprint density at radius 3 is 2.22 bits per heavy atom. The number of hydrogen-bond donors (Lipinski definition) is 2. The summed E-state index contributed by atoms with van der Waals surface area (Å²) in [4.78, 5) is 17.1. The number of rotatable bonds is 14. The van der Waals surface area contributed by atoms with Gasteiger partial charge in [-0.25, -0.2) is 9.78 Å². The molecule has 2 N–H and O–H groups in total. The van der Waals surface area contributed by atoms with E-state index in [0.29, 0.717) is 46.3 Å². The Morgan fingerprint density at radius 1 is 1.00 bits per heavy atom. The largest absolute Gasteiger partial charge is 0.481 e. The van der Waals surface area contributed by atoms with Crippen LogP contribution in [-0.4, -0.2) is 39.1 Å². The lowest BCUT2D eigenvalue weighted by atomic mass is 9.76. The van der Waals surface area contributed by atoms with Crippen LogP contribution >= 0.6 is 11.6 Å². The van der Waals surface area contributed by atoms with Crippen LogP contribution in [0.2, 0.25) is 5.02 Å². The van der Waals surface area contributed by atoms with Crippen LogP contribution in [0.4, 0.5) is 5.69 Å². The van der Waals surface area contributed by atoms with Crippen molar-refractivity contribution in [3.63, 3.8) is 0 Å². The van der Waals surface area contributed by atoms with Crippen molar-refractivity contribution in [2.45, 2.75) is 107 Å². The third-order valence-electron chi connectivity index (χ3n) is 7.96. The predicted octanol–water partition coefficient (Wildman–Crippen LogP) is 9.66. The maximum absolute atomic E-state index is 12.5. The Morgan fingerprint density at radius 2 is 1.64 bits per heavy atom. The Kier molecular flexibility index (Phi) is 12.2. The normalized spacial score (nSPS) is 14.9. The maximum Gasteiger partial charge on any atom is 0.333 e. The zero-order valence-corrected chi connectivity index (χ0v) is 30.1. The molecule has 0 aliphatic carbocycles. The molecule has 3 aromatic rings. The molecule has 9 heteroatoms. The number of carbonyl (C=O) groups excluding carboxylic acids is 1. The fraction of sp³-hybridized carbons (Fsp3) is 0.639. The summed E-state index contributed by atoms with van der Waals surface area (Å²) in [5.41, 5.74) is 3.66. The average Bonchev–Trinajstić information content (AvgIpc) is 3.46. The number of carbonyl (C=O) groups is 1. The number of esters is 1. The summed E-state index contributed by atoms with van der Waals surface area (Å²) in [5, 5.41) is 11.6. The fourth-order valence-electron chi connectivity index (χ4n) is 5.98. The van der Waals surface area contributed by atoms with Crippen molar-refractivity contribution in [3.8, 4) is 11.4 Å². The van der Waals surface area contributed by atoms with E-state index in [1.54, 1.807) is 4.63 Å². The molecule has 0 saturated heterocycles. The van der Waals surface area contributed by atoms with Gasteiger partial charge in [-0.3, -0.25) is 5.10 Å². The molecule has 0 spiro atoms. The van der Waals surface area contributed by atoms with Crippen molar-refractivity contribution < 1.29 is 14.3 Å². The molecule has 1 aromatic carbocycles. The fourth-order valence-corrected chi connectivity index (χ4v) is 6.43. The number of nitrogens with zero attached hydrogens (tertiary/aromatic N) is 3. The molecule has 0 saturated carbocycles. The van der Waals surface area contributed by atoms with Crippen LogP contribution in [0.1, 0.15) is 108 Å². The molecule has 2 heterocycles. The van der Waals surface area contributed by atoms with Crippen molar-refractivity contribution in [2.75, 3.05) is 18.7 Å². The van der Waals surface area contributed by atoms with Gasteiger partial charge in [-0.2, -0.15) is 4.63 Å². The lowest BCUT2D eigenvalue weighted by molar-refractivity contribution is -0.140. The van der Waals surface area contributed by atoms with Crippen LogP contribution in [0, 0.1) is 28.6 Å². The van der Waals surface area contributed by atoms with E-state index in [0.717, 1.165) is 36.2 Å². The number of anilines is 1. The van der Waals surface area contributed by atoms with E-state index in [1.165, 1.54) is 18.8 Å². The minimum Gasteiger partial charge on any atom is -0.481 e. The van der Waals surface area contributed by atoms with E-state index in [2.05, 4.69) is 96.7 Å². The number of fused-ring (bicyclic) bond motifs is 1. The monoisotopic (exact) mass is 641 g/mol. The van der Waals surface area contributed by atoms with Crippen LogP contribution in [0.3, 0.4) is 0 Å². The molecule has 3 unspecified atom stereocenters. The van der Waals surface area contributed by atoms with Gasteiger partial charge in [0.25, 0.3) is 0 Å². The zero-order chi connectivity index (χ0) is 33.6. The second-order valence-electron chi connectivity index (χ2n) is 16.2. The molecule has 8 nitrogen and oxygen atoms in total. The highest BCUT2D eigenvalue weighted by Crippen LogP contribution is 2.34. The van der Waals surface area contributed by atoms with Gasteiger partial charge in [0.2, 0.25) is 0 Å². The van der Waals surface area contributed by atoms with Gasteiger partial charge in [0.1, 0.15) is 5.02 Å². The highest BCUT2D eigenvalue weighted by Gasteiger charge is 2.26. The SMILES string of the molecule is CC(CCC(COC(=O)/C=C/OCNc1ccc(-c2nc3c(Cl)c(C(C)(C)C)[nH]n3n2)cc1)C(C)CC(C)(C)C)CC(C)(C)C. The second-order valence-corrected chi connectivity index (χ2v) is 16.5. The number of benzene rings is 1. The third kappa shape index (κ3) is 11.7. The molecule has 0 fully saturated rings. The van der Waals surface area contributed by atoms with E-state index in [9.17, 15) is 4.79 Å². The second kappa shape index (κ2) is 15.1. The van der Waals surface area contributed by atoms with Crippen LogP contribution in [0.25, 0.3) is 17.0 Å². The van der Waals surface area contributed by atoms with Crippen molar-refractivity contribution in [3.05, 3.63) is 47.3 Å². The molecule has 0 bridgehead atoms. The topological polar surface area (TPSA) is 93.5 Å². The third-order valence-corrected chi connectivity index (χ3v) is 8.32. The Balaban J connectivity index is 1.46. The van der Waals surface area contributed by atoms with Crippen LogP contribution in [0.15, 0.2) is 36.6 Å². The predicted molar refractivity (Wildman–Crippen MR) is 185 cm³/mol. The van der Waals surface area contributed by atoms with E-state index >= 15 is 0 Å². The molecule has 45 heavy (non-hydrogen) atoms. The zero-order valence-electron chi connectivity index (χ0n) is 29.4. The highest BCUT2D eigenvalue weighted by atomic mass is 35.5. The van der Waals surface area contributed by atoms with Gasteiger partial charge < -0.3 is 14.8 Å². The quantitative estimate of drug-likeness (QED) is 0.0598. The molecule has 0 aliphatic rings. The van der Waals surface area contributed by atoms with Gasteiger partial charge in [-0.1, -0.05) is 94.2 Å². The molecule has 0 aliphatic heterocycles. The number of H-pyrrole nitrogens is 1. The van der Waals surface area contributed by atoms with Gasteiger partial charge in [-0.05, 0) is 72.1 Å². The van der Waals surface area contributed by atoms with Crippen LogP contribution in [0.5, 0.6) is 0 Å². The van der Waals surface area contributed by atoms with Crippen molar-refractivity contribution >= 4 is 28.9 Å². The molecule has 0 radical (unpaired) electrons. The molecule has 250 valence electrons. The van der Waals surface area contributed by atoms with Gasteiger partial charge >= 0.3 is 5.97 Å². The number of aromatic nitrogens is 4. The number of hydrogen-bond acceptors (Lipinski definition) is 6. The van der Waals surface area contributed by atoms with Gasteiger partial charge in [0.15, 0.2) is 18.2 Å². The van der Waals surface area contributed by atoms with E-state index < -0.39 is 0 Å². The summed E-state index contributed by atoms with van der Waals surface area (Å²) in [5.74, 6) is 1.64. The van der Waals surface area contributed by atoms with Gasteiger partial charge in [-0.15, -0.1) is 5.10 Å². The number of ether oxygens (including phenoxy) is 2. The summed E-state index contributed by atoms with van der Waals surface area (Å²) < 4.78 is 12.8. The molecule has 3 atom stereocenters.